The Kier molecular flexibility index (Phi) is 2.19. The maximum atomic E-state index is 13.1. The van der Waals surface area contributed by atoms with E-state index in [0.29, 0.717) is 3.57 Å². The molecule has 0 aliphatic carbocycles. The number of hydrogen-bond donors (Lipinski definition) is 0. The molecule has 0 unspecified atom stereocenters. The van der Waals surface area contributed by atoms with Crippen LogP contribution in [0.5, 0.6) is 0 Å². The normalized spacial score (nSPS) is 10.7. The van der Waals surface area contributed by atoms with Gasteiger partial charge in [-0.1, -0.05) is 6.07 Å². The number of pyridine rings is 1. The number of hydrogen-bond acceptors (Lipinski definition) is 1. The molecule has 0 saturated heterocycles. The van der Waals surface area contributed by atoms with E-state index in [1.165, 1.54) is 6.07 Å². The van der Waals surface area contributed by atoms with Crippen LogP contribution in [0.4, 0.5) is 4.39 Å². The fraction of sp³-hybridized carbons (Fsp3) is 0.100. The number of fused-ring (bicyclic) bond motifs is 1. The summed E-state index contributed by atoms with van der Waals surface area (Å²) >= 11 is 1.98. The molecule has 1 aromatic heterocycles. The van der Waals surface area contributed by atoms with Gasteiger partial charge in [-0.05, 0) is 47.7 Å². The fourth-order valence-corrected chi connectivity index (χ4v) is 1.84. The van der Waals surface area contributed by atoms with Crippen LogP contribution >= 0.6 is 22.6 Å². The summed E-state index contributed by atoms with van der Waals surface area (Å²) < 4.78 is 13.7. The van der Waals surface area contributed by atoms with E-state index < -0.39 is 0 Å². The summed E-state index contributed by atoms with van der Waals surface area (Å²) in [6.07, 6.45) is 0. The van der Waals surface area contributed by atoms with E-state index in [9.17, 15) is 4.39 Å². The first-order valence-corrected chi connectivity index (χ1v) is 4.98. The molecule has 2 aromatic rings. The zero-order valence-electron chi connectivity index (χ0n) is 7.01. The molecule has 1 heterocycles. The quantitative estimate of drug-likeness (QED) is 0.678. The van der Waals surface area contributed by atoms with Crippen LogP contribution in [0, 0.1) is 16.3 Å². The van der Waals surface area contributed by atoms with Crippen molar-refractivity contribution < 1.29 is 4.39 Å². The zero-order valence-corrected chi connectivity index (χ0v) is 9.17. The third-order valence-corrected chi connectivity index (χ3v) is 2.92. The summed E-state index contributed by atoms with van der Waals surface area (Å²) in [7, 11) is 0. The monoisotopic (exact) mass is 287 g/mol. The molecule has 3 heteroatoms. The highest BCUT2D eigenvalue weighted by molar-refractivity contribution is 14.1. The van der Waals surface area contributed by atoms with Crippen molar-refractivity contribution in [3.8, 4) is 0 Å². The van der Waals surface area contributed by atoms with E-state index in [-0.39, 0.29) is 5.82 Å². The molecule has 0 spiro atoms. The third-order valence-electron chi connectivity index (χ3n) is 1.89. The molecular formula is C10H7FIN. The molecule has 0 bridgehead atoms. The molecule has 0 aliphatic heterocycles. The van der Waals surface area contributed by atoms with Crippen LogP contribution in [0.1, 0.15) is 5.69 Å². The number of nitrogens with zero attached hydrogens (tertiary/aromatic N) is 1. The summed E-state index contributed by atoms with van der Waals surface area (Å²) in [5.74, 6) is -0.203. The van der Waals surface area contributed by atoms with Crippen LogP contribution < -0.4 is 0 Å². The predicted octanol–water partition coefficient (Wildman–Crippen LogP) is 3.29. The molecule has 13 heavy (non-hydrogen) atoms. The van der Waals surface area contributed by atoms with Gasteiger partial charge in [-0.25, -0.2) is 4.39 Å². The topological polar surface area (TPSA) is 12.9 Å². The molecule has 0 aliphatic rings. The molecule has 2 rings (SSSR count). The summed E-state index contributed by atoms with van der Waals surface area (Å²) in [6, 6.07) is 7.11. The second-order valence-corrected chi connectivity index (χ2v) is 3.96. The average molecular weight is 287 g/mol. The second-order valence-electron chi connectivity index (χ2n) is 2.89. The maximum Gasteiger partial charge on any atom is 0.138 e. The number of halogens is 2. The number of rotatable bonds is 0. The Bertz CT molecular complexity index is 462. The summed E-state index contributed by atoms with van der Waals surface area (Å²) in [4.78, 5) is 4.29. The van der Waals surface area contributed by atoms with Crippen molar-refractivity contribution in [2.75, 3.05) is 0 Å². The molecule has 0 atom stereocenters. The van der Waals surface area contributed by atoms with Crippen molar-refractivity contribution in [3.63, 3.8) is 0 Å². The van der Waals surface area contributed by atoms with E-state index >= 15 is 0 Å². The molecule has 1 nitrogen and oxygen atoms in total. The first-order valence-electron chi connectivity index (χ1n) is 3.90. The lowest BCUT2D eigenvalue weighted by Gasteiger charge is -2.01. The minimum Gasteiger partial charge on any atom is -0.252 e. The molecule has 0 radical (unpaired) electrons. The SMILES string of the molecule is Cc1ccc2ccc(F)c(I)c2n1. The second kappa shape index (κ2) is 3.21. The van der Waals surface area contributed by atoms with Gasteiger partial charge in [0.15, 0.2) is 0 Å². The van der Waals surface area contributed by atoms with Crippen molar-refractivity contribution in [2.45, 2.75) is 6.92 Å². The van der Waals surface area contributed by atoms with Gasteiger partial charge in [0.1, 0.15) is 5.82 Å². The van der Waals surface area contributed by atoms with Crippen molar-refractivity contribution in [1.82, 2.24) is 4.98 Å². The average Bonchev–Trinajstić information content (AvgIpc) is 2.12. The Morgan fingerprint density at radius 1 is 1.23 bits per heavy atom. The lowest BCUT2D eigenvalue weighted by molar-refractivity contribution is 0.622. The summed E-state index contributed by atoms with van der Waals surface area (Å²) in [6.45, 7) is 1.90. The number of aryl methyl sites for hydroxylation is 1. The van der Waals surface area contributed by atoms with E-state index in [1.54, 1.807) is 6.07 Å². The number of aromatic nitrogens is 1. The molecular weight excluding hydrogens is 280 g/mol. The van der Waals surface area contributed by atoms with Gasteiger partial charge in [0.2, 0.25) is 0 Å². The standard InChI is InChI=1S/C10H7FIN/c1-6-2-3-7-4-5-8(11)9(12)10(7)13-6/h2-5H,1H3. The van der Waals surface area contributed by atoms with Gasteiger partial charge in [0, 0.05) is 11.1 Å². The van der Waals surface area contributed by atoms with Crippen LogP contribution in [0.2, 0.25) is 0 Å². The minimum atomic E-state index is -0.203. The highest BCUT2D eigenvalue weighted by Crippen LogP contribution is 2.21. The Balaban J connectivity index is 2.89. The van der Waals surface area contributed by atoms with E-state index in [1.807, 2.05) is 41.6 Å². The van der Waals surface area contributed by atoms with E-state index in [2.05, 4.69) is 4.98 Å². The first kappa shape index (κ1) is 8.87. The van der Waals surface area contributed by atoms with Gasteiger partial charge in [0.05, 0.1) is 9.09 Å². The Morgan fingerprint density at radius 2 is 1.92 bits per heavy atom. The zero-order chi connectivity index (χ0) is 9.42. The lowest BCUT2D eigenvalue weighted by atomic mass is 10.2. The van der Waals surface area contributed by atoms with Gasteiger partial charge in [-0.2, -0.15) is 0 Å². The van der Waals surface area contributed by atoms with Crippen LogP contribution in [0.25, 0.3) is 10.9 Å². The Labute approximate surface area is 89.1 Å². The first-order chi connectivity index (χ1) is 6.18. The van der Waals surface area contributed by atoms with E-state index in [4.69, 9.17) is 0 Å². The van der Waals surface area contributed by atoms with E-state index in [0.717, 1.165) is 16.6 Å². The Hall–Kier alpha value is -0.710. The van der Waals surface area contributed by atoms with Gasteiger partial charge in [-0.3, -0.25) is 4.98 Å². The Morgan fingerprint density at radius 3 is 2.69 bits per heavy atom. The molecule has 0 fully saturated rings. The van der Waals surface area contributed by atoms with Crippen LogP contribution in [-0.4, -0.2) is 4.98 Å². The lowest BCUT2D eigenvalue weighted by Crippen LogP contribution is -1.89. The van der Waals surface area contributed by atoms with Gasteiger partial charge >= 0.3 is 0 Å². The largest absolute Gasteiger partial charge is 0.252 e. The molecule has 1 aromatic carbocycles. The van der Waals surface area contributed by atoms with Crippen LogP contribution in [-0.2, 0) is 0 Å². The summed E-state index contributed by atoms with van der Waals surface area (Å²) in [5, 5.41) is 0.983. The van der Waals surface area contributed by atoms with Gasteiger partial charge < -0.3 is 0 Å². The third kappa shape index (κ3) is 1.52. The molecule has 0 N–H and O–H groups in total. The van der Waals surface area contributed by atoms with Crippen molar-refractivity contribution >= 4 is 33.5 Å². The molecule has 0 saturated carbocycles. The van der Waals surface area contributed by atoms with Crippen LogP contribution in [0.15, 0.2) is 24.3 Å². The molecule has 66 valence electrons. The fourth-order valence-electron chi connectivity index (χ4n) is 1.23. The summed E-state index contributed by atoms with van der Waals surface area (Å²) in [5.41, 5.74) is 1.66. The maximum absolute atomic E-state index is 13.1. The van der Waals surface area contributed by atoms with Gasteiger partial charge in [-0.15, -0.1) is 0 Å². The van der Waals surface area contributed by atoms with Crippen LogP contribution in [0.3, 0.4) is 0 Å². The van der Waals surface area contributed by atoms with Crippen molar-refractivity contribution in [3.05, 3.63) is 39.3 Å². The molecule has 0 amide bonds. The van der Waals surface area contributed by atoms with Gasteiger partial charge in [0.25, 0.3) is 0 Å². The number of benzene rings is 1. The highest BCUT2D eigenvalue weighted by atomic mass is 127. The highest BCUT2D eigenvalue weighted by Gasteiger charge is 2.05. The smallest absolute Gasteiger partial charge is 0.138 e. The van der Waals surface area contributed by atoms with Crippen molar-refractivity contribution in [1.29, 1.82) is 0 Å². The predicted molar refractivity (Wildman–Crippen MR) is 59.2 cm³/mol. The van der Waals surface area contributed by atoms with Crippen molar-refractivity contribution in [2.24, 2.45) is 0 Å². The minimum absolute atomic E-state index is 0.203.